The van der Waals surface area contributed by atoms with Crippen molar-refractivity contribution < 1.29 is 4.79 Å². The Kier molecular flexibility index (Phi) is 2.64. The summed E-state index contributed by atoms with van der Waals surface area (Å²) in [7, 11) is 0. The molecule has 0 saturated carbocycles. The van der Waals surface area contributed by atoms with Crippen molar-refractivity contribution in [1.29, 1.82) is 5.26 Å². The van der Waals surface area contributed by atoms with Gasteiger partial charge in [0.25, 0.3) is 0 Å². The highest BCUT2D eigenvalue weighted by Crippen LogP contribution is 2.11. The maximum atomic E-state index is 10.3. The van der Waals surface area contributed by atoms with E-state index in [1.165, 1.54) is 0 Å². The van der Waals surface area contributed by atoms with E-state index in [2.05, 4.69) is 16.6 Å². The molecule has 1 aliphatic heterocycles. The summed E-state index contributed by atoms with van der Waals surface area (Å²) in [5.41, 5.74) is 4.73. The first-order valence-corrected chi connectivity index (χ1v) is 4.61. The zero-order valence-corrected chi connectivity index (χ0v) is 8.27. The van der Waals surface area contributed by atoms with E-state index in [0.29, 0.717) is 11.3 Å². The molecular weight excluding hydrogens is 202 g/mol. The van der Waals surface area contributed by atoms with Crippen LogP contribution >= 0.6 is 0 Å². The monoisotopic (exact) mass is 209 g/mol. The topological polar surface area (TPSA) is 65.2 Å². The van der Waals surface area contributed by atoms with Crippen LogP contribution in [0.4, 0.5) is 0 Å². The van der Waals surface area contributed by atoms with Crippen molar-refractivity contribution in [2.45, 2.75) is 0 Å². The second kappa shape index (κ2) is 4.26. The van der Waals surface area contributed by atoms with Gasteiger partial charge in [-0.2, -0.15) is 10.4 Å². The summed E-state index contributed by atoms with van der Waals surface area (Å²) in [5.74, 6) is 1.70. The second-order valence-corrected chi connectivity index (χ2v) is 3.12. The number of hydrogen-bond donors (Lipinski definition) is 1. The SMILES string of the molecule is N#Cc1ccccc1C1=NNC(=C=O)C=C1. The number of rotatable bonds is 1. The van der Waals surface area contributed by atoms with E-state index in [1.54, 1.807) is 36.3 Å². The van der Waals surface area contributed by atoms with Crippen molar-refractivity contribution in [2.75, 3.05) is 0 Å². The number of benzene rings is 1. The zero-order valence-electron chi connectivity index (χ0n) is 8.27. The lowest BCUT2D eigenvalue weighted by Crippen LogP contribution is -2.14. The minimum absolute atomic E-state index is 0.276. The predicted octanol–water partition coefficient (Wildman–Crippen LogP) is 1.14. The van der Waals surface area contributed by atoms with Gasteiger partial charge < -0.3 is 0 Å². The molecule has 1 N–H and O–H groups in total. The minimum Gasteiger partial charge on any atom is -0.267 e. The third-order valence-electron chi connectivity index (χ3n) is 2.14. The number of nitrogens with one attached hydrogen (secondary N) is 1. The van der Waals surface area contributed by atoms with E-state index >= 15 is 0 Å². The average molecular weight is 209 g/mol. The number of hydrazone groups is 1. The molecule has 0 radical (unpaired) electrons. The van der Waals surface area contributed by atoms with E-state index in [1.807, 2.05) is 6.07 Å². The Bertz CT molecular complexity index is 572. The third-order valence-corrected chi connectivity index (χ3v) is 2.14. The standard InChI is InChI=1S/C12H7N3O/c13-7-9-3-1-2-4-11(9)12-6-5-10(8-16)14-15-12/h1-6,14H. The summed E-state index contributed by atoms with van der Waals surface area (Å²) in [6.45, 7) is 0. The maximum Gasteiger partial charge on any atom is 0.152 e. The van der Waals surface area contributed by atoms with E-state index in [0.717, 1.165) is 5.56 Å². The predicted molar refractivity (Wildman–Crippen MR) is 59.2 cm³/mol. The average Bonchev–Trinajstić information content (AvgIpc) is 2.39. The highest BCUT2D eigenvalue weighted by atomic mass is 16.1. The van der Waals surface area contributed by atoms with Crippen LogP contribution in [-0.2, 0) is 4.79 Å². The smallest absolute Gasteiger partial charge is 0.152 e. The van der Waals surface area contributed by atoms with Crippen LogP contribution in [0.25, 0.3) is 0 Å². The van der Waals surface area contributed by atoms with Crippen molar-refractivity contribution in [3.8, 4) is 6.07 Å². The number of hydrogen-bond acceptors (Lipinski definition) is 4. The lowest BCUT2D eigenvalue weighted by molar-refractivity contribution is 0.565. The summed E-state index contributed by atoms with van der Waals surface area (Å²) in [6, 6.07) is 9.24. The van der Waals surface area contributed by atoms with Gasteiger partial charge in [0, 0.05) is 5.56 Å². The highest BCUT2D eigenvalue weighted by Gasteiger charge is 2.09. The first kappa shape index (κ1) is 9.91. The molecular formula is C12H7N3O. The van der Waals surface area contributed by atoms with Gasteiger partial charge in [-0.1, -0.05) is 18.2 Å². The summed E-state index contributed by atoms with van der Waals surface area (Å²) in [5, 5.41) is 12.9. The summed E-state index contributed by atoms with van der Waals surface area (Å²) in [4.78, 5) is 10.3. The Morgan fingerprint density at radius 3 is 2.69 bits per heavy atom. The Balaban J connectivity index is 2.42. The molecule has 0 aromatic heterocycles. The molecule has 1 aliphatic rings. The highest BCUT2D eigenvalue weighted by molar-refractivity contribution is 6.11. The van der Waals surface area contributed by atoms with Gasteiger partial charge in [0.1, 0.15) is 5.70 Å². The van der Waals surface area contributed by atoms with Gasteiger partial charge in [-0.3, -0.25) is 5.43 Å². The van der Waals surface area contributed by atoms with Crippen LogP contribution < -0.4 is 5.43 Å². The van der Waals surface area contributed by atoms with Gasteiger partial charge in [0.05, 0.1) is 17.3 Å². The molecule has 76 valence electrons. The Labute approximate surface area is 92.2 Å². The van der Waals surface area contributed by atoms with Gasteiger partial charge in [-0.15, -0.1) is 0 Å². The van der Waals surface area contributed by atoms with Gasteiger partial charge in [-0.25, -0.2) is 4.79 Å². The van der Waals surface area contributed by atoms with Crippen molar-refractivity contribution in [3.05, 3.63) is 53.2 Å². The number of nitrogens with zero attached hydrogens (tertiary/aromatic N) is 2. The van der Waals surface area contributed by atoms with E-state index < -0.39 is 0 Å². The molecule has 4 heteroatoms. The molecule has 16 heavy (non-hydrogen) atoms. The lowest BCUT2D eigenvalue weighted by Gasteiger charge is -2.08. The van der Waals surface area contributed by atoms with Crippen LogP contribution in [-0.4, -0.2) is 11.7 Å². The summed E-state index contributed by atoms with van der Waals surface area (Å²) < 4.78 is 0. The molecule has 2 rings (SSSR count). The molecule has 1 aromatic carbocycles. The van der Waals surface area contributed by atoms with Crippen molar-refractivity contribution >= 4 is 11.7 Å². The van der Waals surface area contributed by atoms with Crippen LogP contribution in [0, 0.1) is 11.3 Å². The lowest BCUT2D eigenvalue weighted by atomic mass is 10.0. The zero-order chi connectivity index (χ0) is 11.4. The maximum absolute atomic E-state index is 10.3. The first-order chi connectivity index (χ1) is 7.85. The summed E-state index contributed by atoms with van der Waals surface area (Å²) in [6.07, 6.45) is 3.25. The molecule has 0 fully saturated rings. The largest absolute Gasteiger partial charge is 0.267 e. The fourth-order valence-electron chi connectivity index (χ4n) is 1.37. The van der Waals surface area contributed by atoms with Crippen LogP contribution in [0.15, 0.2) is 47.2 Å². The molecule has 0 saturated heterocycles. The molecule has 1 aromatic rings. The molecule has 0 bridgehead atoms. The van der Waals surface area contributed by atoms with Crippen LogP contribution in [0.2, 0.25) is 0 Å². The molecule has 0 unspecified atom stereocenters. The fraction of sp³-hybridized carbons (Fsp3) is 0. The molecule has 0 aliphatic carbocycles. The fourth-order valence-corrected chi connectivity index (χ4v) is 1.37. The van der Waals surface area contributed by atoms with E-state index in [-0.39, 0.29) is 5.70 Å². The Hall–Kier alpha value is -2.63. The van der Waals surface area contributed by atoms with Gasteiger partial charge >= 0.3 is 0 Å². The molecule has 0 atom stereocenters. The molecule has 0 spiro atoms. The van der Waals surface area contributed by atoms with Crippen LogP contribution in [0.5, 0.6) is 0 Å². The van der Waals surface area contributed by atoms with Crippen LogP contribution in [0.3, 0.4) is 0 Å². The van der Waals surface area contributed by atoms with Gasteiger partial charge in [0.2, 0.25) is 0 Å². The summed E-state index contributed by atoms with van der Waals surface area (Å²) >= 11 is 0. The Morgan fingerprint density at radius 2 is 2.06 bits per heavy atom. The molecule has 1 heterocycles. The molecule has 0 amide bonds. The first-order valence-electron chi connectivity index (χ1n) is 4.61. The second-order valence-electron chi connectivity index (χ2n) is 3.12. The minimum atomic E-state index is 0.276. The Morgan fingerprint density at radius 1 is 1.25 bits per heavy atom. The number of allylic oxidation sites excluding steroid dienone is 2. The van der Waals surface area contributed by atoms with E-state index in [4.69, 9.17) is 5.26 Å². The normalized spacial score (nSPS) is 13.4. The van der Waals surface area contributed by atoms with Crippen molar-refractivity contribution in [2.24, 2.45) is 5.10 Å². The van der Waals surface area contributed by atoms with Gasteiger partial charge in [-0.05, 0) is 18.2 Å². The van der Waals surface area contributed by atoms with Crippen LogP contribution in [0.1, 0.15) is 11.1 Å². The quantitative estimate of drug-likeness (QED) is 0.705. The van der Waals surface area contributed by atoms with Gasteiger partial charge in [0.15, 0.2) is 5.94 Å². The molecule has 4 nitrogen and oxygen atoms in total. The van der Waals surface area contributed by atoms with Crippen molar-refractivity contribution in [1.82, 2.24) is 5.43 Å². The number of carbonyl (C=O) groups excluding carboxylic acids is 1. The van der Waals surface area contributed by atoms with E-state index in [9.17, 15) is 4.79 Å². The van der Waals surface area contributed by atoms with Crippen molar-refractivity contribution in [3.63, 3.8) is 0 Å². The third kappa shape index (κ3) is 1.76. The number of nitriles is 1.